The van der Waals surface area contributed by atoms with Crippen LogP contribution in [0.5, 0.6) is 0 Å². The average molecular weight is 205 g/mol. The molecular formula is C11H8FNO2. The highest BCUT2D eigenvalue weighted by molar-refractivity contribution is 5.72. The Bertz CT molecular complexity index is 446. The van der Waals surface area contributed by atoms with Crippen molar-refractivity contribution in [1.29, 1.82) is 5.26 Å². The molecule has 4 heteroatoms. The lowest BCUT2D eigenvalue weighted by Gasteiger charge is -2.02. The van der Waals surface area contributed by atoms with Gasteiger partial charge in [-0.1, -0.05) is 6.07 Å². The van der Waals surface area contributed by atoms with Crippen molar-refractivity contribution in [2.45, 2.75) is 6.42 Å². The molecule has 0 aliphatic heterocycles. The van der Waals surface area contributed by atoms with Crippen molar-refractivity contribution in [3.8, 4) is 6.07 Å². The maximum absolute atomic E-state index is 12.8. The lowest BCUT2D eigenvalue weighted by molar-refractivity contribution is -0.136. The first kappa shape index (κ1) is 10.9. The maximum Gasteiger partial charge on any atom is 0.307 e. The van der Waals surface area contributed by atoms with E-state index in [1.54, 1.807) is 6.07 Å². The van der Waals surface area contributed by atoms with Crippen LogP contribution < -0.4 is 0 Å². The van der Waals surface area contributed by atoms with E-state index < -0.39 is 11.8 Å². The number of halogens is 1. The first-order valence-corrected chi connectivity index (χ1v) is 4.20. The van der Waals surface area contributed by atoms with E-state index in [1.165, 1.54) is 30.4 Å². The van der Waals surface area contributed by atoms with Crippen molar-refractivity contribution in [2.24, 2.45) is 0 Å². The number of carbonyl (C=O) groups is 1. The topological polar surface area (TPSA) is 61.1 Å². The van der Waals surface area contributed by atoms with Gasteiger partial charge in [0, 0.05) is 6.08 Å². The van der Waals surface area contributed by atoms with E-state index in [0.717, 1.165) is 0 Å². The first-order valence-electron chi connectivity index (χ1n) is 4.20. The van der Waals surface area contributed by atoms with E-state index in [-0.39, 0.29) is 6.42 Å². The average Bonchev–Trinajstić information content (AvgIpc) is 2.18. The number of carboxylic acids is 1. The maximum atomic E-state index is 12.8. The van der Waals surface area contributed by atoms with Gasteiger partial charge in [0.25, 0.3) is 0 Å². The summed E-state index contributed by atoms with van der Waals surface area (Å²) in [5, 5.41) is 16.9. The van der Waals surface area contributed by atoms with Crippen molar-refractivity contribution < 1.29 is 14.3 Å². The number of hydrogen-bond acceptors (Lipinski definition) is 2. The van der Waals surface area contributed by atoms with Gasteiger partial charge in [-0.15, -0.1) is 0 Å². The summed E-state index contributed by atoms with van der Waals surface area (Å²) in [5.74, 6) is -1.45. The van der Waals surface area contributed by atoms with Crippen molar-refractivity contribution >= 4 is 12.0 Å². The monoisotopic (exact) mass is 205 g/mol. The van der Waals surface area contributed by atoms with Crippen molar-refractivity contribution in [3.63, 3.8) is 0 Å². The van der Waals surface area contributed by atoms with Crippen LogP contribution in [0.25, 0.3) is 6.08 Å². The predicted molar refractivity (Wildman–Crippen MR) is 52.4 cm³/mol. The third-order valence-corrected chi connectivity index (χ3v) is 1.79. The molecule has 0 atom stereocenters. The molecule has 0 saturated heterocycles. The fourth-order valence-electron chi connectivity index (χ4n) is 1.17. The number of allylic oxidation sites excluding steroid dienone is 1. The van der Waals surface area contributed by atoms with Crippen LogP contribution in [0.1, 0.15) is 11.1 Å². The van der Waals surface area contributed by atoms with Gasteiger partial charge in [-0.05, 0) is 29.3 Å². The van der Waals surface area contributed by atoms with Crippen molar-refractivity contribution in [3.05, 3.63) is 41.2 Å². The van der Waals surface area contributed by atoms with Crippen molar-refractivity contribution in [2.75, 3.05) is 0 Å². The number of carboxylic acid groups (broad SMARTS) is 1. The van der Waals surface area contributed by atoms with Crippen LogP contribution in [0.2, 0.25) is 0 Å². The Morgan fingerprint density at radius 1 is 1.60 bits per heavy atom. The summed E-state index contributed by atoms with van der Waals surface area (Å²) < 4.78 is 12.8. The molecule has 0 spiro atoms. The Morgan fingerprint density at radius 2 is 2.33 bits per heavy atom. The molecule has 0 bridgehead atoms. The van der Waals surface area contributed by atoms with Gasteiger partial charge in [0.1, 0.15) is 5.82 Å². The van der Waals surface area contributed by atoms with Gasteiger partial charge in [-0.2, -0.15) is 5.26 Å². The highest BCUT2D eigenvalue weighted by Gasteiger charge is 2.05. The van der Waals surface area contributed by atoms with Gasteiger partial charge in [0.15, 0.2) is 0 Å². The number of nitriles is 1. The molecule has 0 radical (unpaired) electrons. The smallest absolute Gasteiger partial charge is 0.307 e. The molecule has 1 N–H and O–H groups in total. The quantitative estimate of drug-likeness (QED) is 0.767. The largest absolute Gasteiger partial charge is 0.481 e. The zero-order valence-corrected chi connectivity index (χ0v) is 7.77. The van der Waals surface area contributed by atoms with Crippen LogP contribution in [-0.2, 0) is 11.2 Å². The molecule has 0 aromatic heterocycles. The summed E-state index contributed by atoms with van der Waals surface area (Å²) >= 11 is 0. The number of aliphatic carboxylic acids is 1. The lowest BCUT2D eigenvalue weighted by Crippen LogP contribution is -2.02. The molecule has 0 amide bonds. The van der Waals surface area contributed by atoms with Gasteiger partial charge < -0.3 is 5.11 Å². The number of hydrogen-bond donors (Lipinski definition) is 1. The van der Waals surface area contributed by atoms with Gasteiger partial charge in [-0.25, -0.2) is 4.39 Å². The molecule has 0 unspecified atom stereocenters. The molecule has 0 heterocycles. The molecule has 3 nitrogen and oxygen atoms in total. The van der Waals surface area contributed by atoms with Gasteiger partial charge in [0.2, 0.25) is 0 Å². The first-order chi connectivity index (χ1) is 7.13. The normalized spacial score (nSPS) is 10.1. The second-order valence-corrected chi connectivity index (χ2v) is 2.88. The van der Waals surface area contributed by atoms with Gasteiger partial charge >= 0.3 is 5.97 Å². The molecule has 1 aromatic carbocycles. The third kappa shape index (κ3) is 3.24. The van der Waals surface area contributed by atoms with E-state index in [1.807, 2.05) is 0 Å². The molecule has 1 rings (SSSR count). The Morgan fingerprint density at radius 3 is 2.93 bits per heavy atom. The summed E-state index contributed by atoms with van der Waals surface area (Å²) in [6, 6.07) is 5.57. The molecule has 0 fully saturated rings. The minimum absolute atomic E-state index is 0.189. The molecular weight excluding hydrogens is 197 g/mol. The minimum atomic E-state index is -0.992. The molecule has 15 heavy (non-hydrogen) atoms. The Kier molecular flexibility index (Phi) is 3.58. The summed E-state index contributed by atoms with van der Waals surface area (Å²) in [6.07, 6.45) is 2.38. The summed E-state index contributed by atoms with van der Waals surface area (Å²) in [5.41, 5.74) is 0.898. The van der Waals surface area contributed by atoms with E-state index >= 15 is 0 Å². The van der Waals surface area contributed by atoms with Crippen LogP contribution >= 0.6 is 0 Å². The zero-order valence-electron chi connectivity index (χ0n) is 7.77. The molecule has 0 aliphatic rings. The Hall–Kier alpha value is -2.15. The third-order valence-electron chi connectivity index (χ3n) is 1.79. The summed E-state index contributed by atoms with van der Waals surface area (Å²) in [4.78, 5) is 10.5. The lowest BCUT2D eigenvalue weighted by atomic mass is 10.0. The van der Waals surface area contributed by atoms with Gasteiger partial charge in [0.05, 0.1) is 12.5 Å². The van der Waals surface area contributed by atoms with Crippen LogP contribution in [0.3, 0.4) is 0 Å². The second-order valence-electron chi connectivity index (χ2n) is 2.88. The molecule has 0 aliphatic carbocycles. The zero-order chi connectivity index (χ0) is 11.3. The summed E-state index contributed by atoms with van der Waals surface area (Å²) in [6.45, 7) is 0. The Balaban J connectivity index is 3.09. The molecule has 1 aromatic rings. The second kappa shape index (κ2) is 4.91. The molecule has 0 saturated carbocycles. The molecule has 76 valence electrons. The fourth-order valence-corrected chi connectivity index (χ4v) is 1.17. The number of nitrogens with zero attached hydrogens (tertiary/aromatic N) is 1. The summed E-state index contributed by atoms with van der Waals surface area (Å²) in [7, 11) is 0. The van der Waals surface area contributed by atoms with Crippen LogP contribution in [0.15, 0.2) is 24.3 Å². The van der Waals surface area contributed by atoms with E-state index in [4.69, 9.17) is 10.4 Å². The SMILES string of the molecule is N#CC=Cc1cc(F)ccc1CC(=O)O. The minimum Gasteiger partial charge on any atom is -0.481 e. The van der Waals surface area contributed by atoms with E-state index in [2.05, 4.69) is 0 Å². The highest BCUT2D eigenvalue weighted by Crippen LogP contribution is 2.14. The Labute approximate surface area is 86.1 Å². The van der Waals surface area contributed by atoms with E-state index in [0.29, 0.717) is 11.1 Å². The predicted octanol–water partition coefficient (Wildman–Crippen LogP) is 1.99. The van der Waals surface area contributed by atoms with Gasteiger partial charge in [-0.3, -0.25) is 4.79 Å². The fraction of sp³-hybridized carbons (Fsp3) is 0.0909. The van der Waals surface area contributed by atoms with Crippen LogP contribution in [0.4, 0.5) is 4.39 Å². The number of rotatable bonds is 3. The van der Waals surface area contributed by atoms with Crippen molar-refractivity contribution in [1.82, 2.24) is 0 Å². The van der Waals surface area contributed by atoms with E-state index in [9.17, 15) is 9.18 Å². The van der Waals surface area contributed by atoms with Crippen LogP contribution in [-0.4, -0.2) is 11.1 Å². The number of benzene rings is 1. The van der Waals surface area contributed by atoms with Crippen LogP contribution in [0, 0.1) is 17.1 Å². The highest BCUT2D eigenvalue weighted by atomic mass is 19.1. The standard InChI is InChI=1S/C11H8FNO2/c12-10-4-3-9(7-11(14)15)8(6-10)2-1-5-13/h1-4,6H,7H2,(H,14,15).